The molecule has 2 atom stereocenters. The van der Waals surface area contributed by atoms with E-state index in [1.54, 1.807) is 23.2 Å². The molecule has 7 heteroatoms. The predicted octanol–water partition coefficient (Wildman–Crippen LogP) is 3.81. The van der Waals surface area contributed by atoms with E-state index in [0.717, 1.165) is 27.7 Å². The van der Waals surface area contributed by atoms with Gasteiger partial charge in [-0.1, -0.05) is 36.4 Å². The third-order valence-electron chi connectivity index (χ3n) is 6.49. The Hall–Kier alpha value is -3.19. The van der Waals surface area contributed by atoms with Crippen LogP contribution in [0, 0.1) is 0 Å². The lowest BCUT2D eigenvalue weighted by Gasteiger charge is -2.34. The lowest BCUT2D eigenvalue weighted by atomic mass is 9.90. The van der Waals surface area contributed by atoms with Crippen LogP contribution in [0.25, 0.3) is 10.8 Å². The van der Waals surface area contributed by atoms with E-state index in [-0.39, 0.29) is 18.5 Å². The van der Waals surface area contributed by atoms with Crippen LogP contribution in [-0.4, -0.2) is 40.7 Å². The number of benzene rings is 2. The van der Waals surface area contributed by atoms with Gasteiger partial charge in [-0.15, -0.1) is 11.3 Å². The van der Waals surface area contributed by atoms with Gasteiger partial charge >= 0.3 is 6.03 Å². The van der Waals surface area contributed by atoms with E-state index in [1.165, 1.54) is 4.88 Å². The van der Waals surface area contributed by atoms with Crippen LogP contribution in [0.2, 0.25) is 0 Å². The zero-order valence-corrected chi connectivity index (χ0v) is 18.2. The monoisotopic (exact) mass is 433 g/mol. The van der Waals surface area contributed by atoms with E-state index in [2.05, 4.69) is 11.4 Å². The summed E-state index contributed by atoms with van der Waals surface area (Å²) in [6.45, 7) is 4.04. The summed E-state index contributed by atoms with van der Waals surface area (Å²) in [4.78, 5) is 43.2. The number of amides is 4. The van der Waals surface area contributed by atoms with Gasteiger partial charge in [-0.05, 0) is 59.7 Å². The highest BCUT2D eigenvalue weighted by Gasteiger charge is 2.50. The molecule has 31 heavy (non-hydrogen) atoms. The Morgan fingerprint density at radius 2 is 1.94 bits per heavy atom. The number of carbonyl (C=O) groups excluding carboxylic acids is 3. The summed E-state index contributed by atoms with van der Waals surface area (Å²) in [7, 11) is 0. The largest absolute Gasteiger partial charge is 0.334 e. The van der Waals surface area contributed by atoms with Crippen LogP contribution in [0.1, 0.15) is 35.9 Å². The molecule has 1 saturated heterocycles. The molecule has 5 rings (SSSR count). The average molecular weight is 434 g/mol. The molecule has 0 radical (unpaired) electrons. The zero-order chi connectivity index (χ0) is 21.8. The van der Waals surface area contributed by atoms with Gasteiger partial charge in [0.05, 0.1) is 6.04 Å². The first-order chi connectivity index (χ1) is 14.9. The van der Waals surface area contributed by atoms with Crippen LogP contribution < -0.4 is 5.32 Å². The number of imide groups is 1. The molecule has 3 aromatic rings. The number of fused-ring (bicyclic) bond motifs is 2. The Balaban J connectivity index is 1.38. The van der Waals surface area contributed by atoms with E-state index < -0.39 is 17.5 Å². The standard InChI is InChI=1S/C24H23N3O3S/c1-15-19-10-12-31-20(19)9-11-26(15)21(28)14-27-22(29)24(2,25-23(27)30)18-8-7-16-5-3-4-6-17(16)13-18/h3-8,10,12-13,15H,9,11,14H2,1-2H3,(H,25,30). The van der Waals surface area contributed by atoms with Crippen molar-refractivity contribution in [2.45, 2.75) is 31.8 Å². The van der Waals surface area contributed by atoms with Crippen molar-refractivity contribution in [2.75, 3.05) is 13.1 Å². The maximum absolute atomic E-state index is 13.3. The molecular weight excluding hydrogens is 410 g/mol. The molecule has 0 spiro atoms. The number of rotatable bonds is 3. The number of nitrogens with one attached hydrogen (secondary N) is 1. The maximum Gasteiger partial charge on any atom is 0.325 e. The summed E-state index contributed by atoms with van der Waals surface area (Å²) < 4.78 is 0. The van der Waals surface area contributed by atoms with Crippen LogP contribution >= 0.6 is 11.3 Å². The molecule has 3 heterocycles. The molecule has 158 valence electrons. The zero-order valence-electron chi connectivity index (χ0n) is 17.4. The van der Waals surface area contributed by atoms with E-state index in [0.29, 0.717) is 12.1 Å². The molecule has 6 nitrogen and oxygen atoms in total. The normalized spacial score (nSPS) is 23.2. The first kappa shape index (κ1) is 19.8. The second-order valence-corrected chi connectivity index (χ2v) is 9.32. The van der Waals surface area contributed by atoms with Crippen molar-refractivity contribution in [3.63, 3.8) is 0 Å². The van der Waals surface area contributed by atoms with Crippen LogP contribution in [0.5, 0.6) is 0 Å². The van der Waals surface area contributed by atoms with E-state index in [4.69, 9.17) is 0 Å². The first-order valence-electron chi connectivity index (χ1n) is 10.4. The number of hydrogen-bond donors (Lipinski definition) is 1. The number of nitrogens with zero attached hydrogens (tertiary/aromatic N) is 2. The highest BCUT2D eigenvalue weighted by molar-refractivity contribution is 7.10. The lowest BCUT2D eigenvalue weighted by Crippen LogP contribution is -2.46. The van der Waals surface area contributed by atoms with Crippen LogP contribution in [0.15, 0.2) is 53.9 Å². The Morgan fingerprint density at radius 1 is 1.16 bits per heavy atom. The van der Waals surface area contributed by atoms with Crippen LogP contribution in [0.3, 0.4) is 0 Å². The summed E-state index contributed by atoms with van der Waals surface area (Å²) in [6.07, 6.45) is 0.804. The number of thiophene rings is 1. The second-order valence-electron chi connectivity index (χ2n) is 8.32. The molecule has 2 aliphatic rings. The van der Waals surface area contributed by atoms with E-state index >= 15 is 0 Å². The van der Waals surface area contributed by atoms with Crippen LogP contribution in [0.4, 0.5) is 4.79 Å². The molecule has 1 N–H and O–H groups in total. The summed E-state index contributed by atoms with van der Waals surface area (Å²) >= 11 is 1.71. The minimum Gasteiger partial charge on any atom is -0.334 e. The highest BCUT2D eigenvalue weighted by Crippen LogP contribution is 2.34. The van der Waals surface area contributed by atoms with Gasteiger partial charge in [0, 0.05) is 11.4 Å². The summed E-state index contributed by atoms with van der Waals surface area (Å²) in [6, 6.07) is 15.0. The van der Waals surface area contributed by atoms with Gasteiger partial charge < -0.3 is 10.2 Å². The SMILES string of the molecule is CC1c2ccsc2CCN1C(=O)CN1C(=O)NC(C)(c2ccc3ccccc3c2)C1=O. The summed E-state index contributed by atoms with van der Waals surface area (Å²) in [5, 5.41) is 6.91. The topological polar surface area (TPSA) is 69.7 Å². The molecule has 2 unspecified atom stereocenters. The molecule has 0 saturated carbocycles. The Morgan fingerprint density at radius 3 is 2.74 bits per heavy atom. The van der Waals surface area contributed by atoms with Gasteiger partial charge in [0.15, 0.2) is 0 Å². The van der Waals surface area contributed by atoms with Gasteiger partial charge in [0.2, 0.25) is 5.91 Å². The van der Waals surface area contributed by atoms with Crippen molar-refractivity contribution in [1.29, 1.82) is 0 Å². The third-order valence-corrected chi connectivity index (χ3v) is 7.49. The van der Waals surface area contributed by atoms with Gasteiger partial charge in [-0.2, -0.15) is 0 Å². The average Bonchev–Trinajstić information content (AvgIpc) is 3.33. The molecule has 0 aliphatic carbocycles. The maximum atomic E-state index is 13.3. The Bertz CT molecular complexity index is 1220. The predicted molar refractivity (Wildman–Crippen MR) is 120 cm³/mol. The Labute approximate surface area is 184 Å². The fourth-order valence-electron chi connectivity index (χ4n) is 4.61. The molecule has 2 aromatic carbocycles. The third kappa shape index (κ3) is 3.11. The van der Waals surface area contributed by atoms with Gasteiger partial charge in [-0.25, -0.2) is 4.79 Å². The fraction of sp³-hybridized carbons (Fsp3) is 0.292. The quantitative estimate of drug-likeness (QED) is 0.639. The highest BCUT2D eigenvalue weighted by atomic mass is 32.1. The second kappa shape index (κ2) is 7.20. The molecule has 4 amide bonds. The molecule has 1 fully saturated rings. The summed E-state index contributed by atoms with van der Waals surface area (Å²) in [5.74, 6) is -0.613. The lowest BCUT2D eigenvalue weighted by molar-refractivity contribution is -0.140. The molecular formula is C24H23N3O3S. The van der Waals surface area contributed by atoms with Crippen molar-refractivity contribution in [3.8, 4) is 0 Å². The minimum atomic E-state index is -1.20. The molecule has 0 bridgehead atoms. The number of hydrogen-bond acceptors (Lipinski definition) is 4. The summed E-state index contributed by atoms with van der Waals surface area (Å²) in [5.41, 5.74) is 0.659. The fourth-order valence-corrected chi connectivity index (χ4v) is 5.58. The van der Waals surface area contributed by atoms with Gasteiger partial charge in [0.1, 0.15) is 12.1 Å². The van der Waals surface area contributed by atoms with Crippen molar-refractivity contribution in [2.24, 2.45) is 0 Å². The Kier molecular flexibility index (Phi) is 4.59. The van der Waals surface area contributed by atoms with Crippen molar-refractivity contribution in [1.82, 2.24) is 15.1 Å². The van der Waals surface area contributed by atoms with E-state index in [1.807, 2.05) is 54.8 Å². The van der Waals surface area contributed by atoms with Gasteiger partial charge in [0.25, 0.3) is 5.91 Å². The number of carbonyl (C=O) groups is 3. The van der Waals surface area contributed by atoms with Gasteiger partial charge in [-0.3, -0.25) is 14.5 Å². The van der Waals surface area contributed by atoms with Crippen molar-refractivity contribution < 1.29 is 14.4 Å². The molecule has 1 aromatic heterocycles. The van der Waals surface area contributed by atoms with Crippen LogP contribution in [-0.2, 0) is 21.5 Å². The molecule has 2 aliphatic heterocycles. The van der Waals surface area contributed by atoms with E-state index in [9.17, 15) is 14.4 Å². The van der Waals surface area contributed by atoms with Crippen molar-refractivity contribution in [3.05, 3.63) is 69.9 Å². The number of urea groups is 1. The minimum absolute atomic E-state index is 0.0601. The van der Waals surface area contributed by atoms with Crippen molar-refractivity contribution >= 4 is 40.0 Å². The smallest absolute Gasteiger partial charge is 0.325 e. The first-order valence-corrected chi connectivity index (χ1v) is 11.3.